The molecule has 0 spiro atoms. The molecule has 1 aliphatic rings. The topological polar surface area (TPSA) is 46.2 Å². The minimum Gasteiger partial charge on any atom is -0.310 e. The van der Waals surface area contributed by atoms with Gasteiger partial charge in [-0.05, 0) is 30.4 Å². The second kappa shape index (κ2) is 8.11. The highest BCUT2D eigenvalue weighted by Gasteiger charge is 2.16. The van der Waals surface area contributed by atoms with E-state index in [9.17, 15) is 8.42 Å². The lowest BCUT2D eigenvalue weighted by Gasteiger charge is -2.25. The van der Waals surface area contributed by atoms with Crippen molar-refractivity contribution in [2.45, 2.75) is 63.8 Å². The van der Waals surface area contributed by atoms with Gasteiger partial charge in [0.1, 0.15) is 0 Å². The molecule has 1 fully saturated rings. The molecule has 0 saturated heterocycles. The predicted octanol–water partition coefficient (Wildman–Crippen LogP) is 3.68. The lowest BCUT2D eigenvalue weighted by atomic mass is 9.85. The van der Waals surface area contributed by atoms with Crippen LogP contribution in [-0.2, 0) is 22.1 Å². The minimum atomic E-state index is -2.99. The molecule has 0 aliphatic heterocycles. The average molecular weight is 324 g/mol. The van der Waals surface area contributed by atoms with Crippen molar-refractivity contribution < 1.29 is 8.42 Å². The third-order valence-electron chi connectivity index (χ3n) is 4.59. The molecule has 0 amide bonds. The Balaban J connectivity index is 1.87. The minimum absolute atomic E-state index is 0.127. The zero-order chi connectivity index (χ0) is 16.0. The molecule has 3 nitrogen and oxygen atoms in total. The van der Waals surface area contributed by atoms with Gasteiger partial charge in [-0.2, -0.15) is 0 Å². The molecule has 2 rings (SSSR count). The summed E-state index contributed by atoms with van der Waals surface area (Å²) in [5.74, 6) is 0.990. The molecule has 1 unspecified atom stereocenters. The Morgan fingerprint density at radius 1 is 1.14 bits per heavy atom. The number of hydrogen-bond donors (Lipinski definition) is 1. The van der Waals surface area contributed by atoms with Gasteiger partial charge in [0.05, 0.1) is 5.75 Å². The molecule has 1 aromatic rings. The summed E-state index contributed by atoms with van der Waals surface area (Å²) in [4.78, 5) is 0. The van der Waals surface area contributed by atoms with Crippen LogP contribution in [0.3, 0.4) is 0 Å². The Kier molecular flexibility index (Phi) is 6.45. The second-order valence-electron chi connectivity index (χ2n) is 6.86. The molecule has 0 bridgehead atoms. The molecule has 124 valence electrons. The fourth-order valence-electron chi connectivity index (χ4n) is 3.44. The van der Waals surface area contributed by atoms with Crippen molar-refractivity contribution in [1.29, 1.82) is 0 Å². The second-order valence-corrected chi connectivity index (χ2v) is 9.00. The van der Waals surface area contributed by atoms with Gasteiger partial charge in [0.15, 0.2) is 9.84 Å². The predicted molar refractivity (Wildman–Crippen MR) is 92.5 cm³/mol. The Bertz CT molecular complexity index is 562. The van der Waals surface area contributed by atoms with E-state index < -0.39 is 9.84 Å². The first kappa shape index (κ1) is 17.5. The summed E-state index contributed by atoms with van der Waals surface area (Å²) in [6.45, 7) is 2.99. The lowest BCUT2D eigenvalue weighted by molar-refractivity contribution is 0.304. The molecular weight excluding hydrogens is 294 g/mol. The van der Waals surface area contributed by atoms with Gasteiger partial charge >= 0.3 is 0 Å². The van der Waals surface area contributed by atoms with Crippen LogP contribution in [0, 0.1) is 5.92 Å². The van der Waals surface area contributed by atoms with E-state index in [2.05, 4.69) is 12.2 Å². The number of hydrogen-bond acceptors (Lipinski definition) is 3. The highest BCUT2D eigenvalue weighted by atomic mass is 32.2. The maximum atomic E-state index is 11.5. The summed E-state index contributed by atoms with van der Waals surface area (Å²) >= 11 is 0. The van der Waals surface area contributed by atoms with E-state index in [0.717, 1.165) is 23.6 Å². The van der Waals surface area contributed by atoms with Gasteiger partial charge < -0.3 is 5.32 Å². The Morgan fingerprint density at radius 2 is 1.77 bits per heavy atom. The van der Waals surface area contributed by atoms with Gasteiger partial charge in [0.25, 0.3) is 0 Å². The first-order chi connectivity index (χ1) is 10.4. The van der Waals surface area contributed by atoms with E-state index in [4.69, 9.17) is 0 Å². The van der Waals surface area contributed by atoms with E-state index >= 15 is 0 Å². The van der Waals surface area contributed by atoms with Crippen LogP contribution < -0.4 is 5.32 Å². The maximum absolute atomic E-state index is 11.5. The van der Waals surface area contributed by atoms with Gasteiger partial charge in [-0.3, -0.25) is 0 Å². The molecule has 1 saturated carbocycles. The third kappa shape index (κ3) is 6.09. The quantitative estimate of drug-likeness (QED) is 0.832. The fourth-order valence-corrected chi connectivity index (χ4v) is 4.29. The highest BCUT2D eigenvalue weighted by molar-refractivity contribution is 7.89. The zero-order valence-corrected chi connectivity index (χ0v) is 14.7. The Morgan fingerprint density at radius 3 is 2.41 bits per heavy atom. The SMILES string of the molecule is CC(CC1CCCCC1)NCc1ccccc1CS(C)(=O)=O. The summed E-state index contributed by atoms with van der Waals surface area (Å²) in [6, 6.07) is 8.32. The van der Waals surface area contributed by atoms with Crippen molar-refractivity contribution in [3.05, 3.63) is 35.4 Å². The average Bonchev–Trinajstić information content (AvgIpc) is 2.46. The van der Waals surface area contributed by atoms with Crippen molar-refractivity contribution in [2.75, 3.05) is 6.26 Å². The molecule has 22 heavy (non-hydrogen) atoms. The van der Waals surface area contributed by atoms with Gasteiger partial charge in [0, 0.05) is 18.8 Å². The van der Waals surface area contributed by atoms with E-state index in [1.165, 1.54) is 44.8 Å². The molecule has 0 aromatic heterocycles. The first-order valence-corrected chi connectivity index (χ1v) is 10.5. The Labute approximate surface area is 135 Å². The molecular formula is C18H29NO2S. The van der Waals surface area contributed by atoms with Crippen LogP contribution in [0.1, 0.15) is 56.6 Å². The van der Waals surface area contributed by atoms with Crippen molar-refractivity contribution in [1.82, 2.24) is 5.32 Å². The normalized spacial score (nSPS) is 18.3. The molecule has 0 heterocycles. The van der Waals surface area contributed by atoms with Crippen LogP contribution in [0.5, 0.6) is 0 Å². The number of nitrogens with one attached hydrogen (secondary N) is 1. The van der Waals surface area contributed by atoms with Gasteiger partial charge in [-0.25, -0.2) is 8.42 Å². The van der Waals surface area contributed by atoms with Crippen LogP contribution >= 0.6 is 0 Å². The van der Waals surface area contributed by atoms with Crippen LogP contribution in [0.2, 0.25) is 0 Å². The molecule has 1 N–H and O–H groups in total. The van der Waals surface area contributed by atoms with Crippen LogP contribution in [-0.4, -0.2) is 20.7 Å². The van der Waals surface area contributed by atoms with Crippen molar-refractivity contribution in [2.24, 2.45) is 5.92 Å². The van der Waals surface area contributed by atoms with Crippen LogP contribution in [0.15, 0.2) is 24.3 Å². The Hall–Kier alpha value is -0.870. The standard InChI is InChI=1S/C18H29NO2S/c1-15(12-16-8-4-3-5-9-16)19-13-17-10-6-7-11-18(17)14-22(2,20)21/h6-7,10-11,15-16,19H,3-5,8-9,12-14H2,1-2H3. The van der Waals surface area contributed by atoms with E-state index in [1.807, 2.05) is 24.3 Å². The summed E-state index contributed by atoms with van der Waals surface area (Å²) < 4.78 is 23.1. The van der Waals surface area contributed by atoms with Gasteiger partial charge in [0.2, 0.25) is 0 Å². The van der Waals surface area contributed by atoms with Gasteiger partial charge in [-0.1, -0.05) is 56.4 Å². The molecule has 1 atom stereocenters. The van der Waals surface area contributed by atoms with E-state index in [0.29, 0.717) is 6.04 Å². The number of rotatable bonds is 7. The summed E-state index contributed by atoms with van der Waals surface area (Å²) in [6.07, 6.45) is 9.44. The largest absolute Gasteiger partial charge is 0.310 e. The van der Waals surface area contributed by atoms with E-state index in [-0.39, 0.29) is 5.75 Å². The lowest BCUT2D eigenvalue weighted by Crippen LogP contribution is -2.29. The number of benzene rings is 1. The summed E-state index contributed by atoms with van der Waals surface area (Å²) in [5, 5.41) is 3.58. The molecule has 1 aromatic carbocycles. The van der Waals surface area contributed by atoms with Crippen molar-refractivity contribution in [3.8, 4) is 0 Å². The fraction of sp³-hybridized carbons (Fsp3) is 0.667. The van der Waals surface area contributed by atoms with Gasteiger partial charge in [-0.15, -0.1) is 0 Å². The molecule has 4 heteroatoms. The third-order valence-corrected chi connectivity index (χ3v) is 5.42. The first-order valence-electron chi connectivity index (χ1n) is 8.42. The monoisotopic (exact) mass is 323 g/mol. The summed E-state index contributed by atoms with van der Waals surface area (Å²) in [7, 11) is -2.99. The smallest absolute Gasteiger partial charge is 0.151 e. The van der Waals surface area contributed by atoms with Crippen molar-refractivity contribution >= 4 is 9.84 Å². The highest BCUT2D eigenvalue weighted by Crippen LogP contribution is 2.27. The van der Waals surface area contributed by atoms with Crippen LogP contribution in [0.25, 0.3) is 0 Å². The van der Waals surface area contributed by atoms with E-state index in [1.54, 1.807) is 0 Å². The zero-order valence-electron chi connectivity index (χ0n) is 13.8. The molecule has 1 aliphatic carbocycles. The number of sulfone groups is 1. The molecule has 0 radical (unpaired) electrons. The van der Waals surface area contributed by atoms with Crippen LogP contribution in [0.4, 0.5) is 0 Å². The maximum Gasteiger partial charge on any atom is 0.151 e. The van der Waals surface area contributed by atoms with Crippen molar-refractivity contribution in [3.63, 3.8) is 0 Å². The summed E-state index contributed by atoms with van der Waals surface area (Å²) in [5.41, 5.74) is 2.02.